The summed E-state index contributed by atoms with van der Waals surface area (Å²) < 4.78 is 5.20. The summed E-state index contributed by atoms with van der Waals surface area (Å²) in [4.78, 5) is 15.0. The summed E-state index contributed by atoms with van der Waals surface area (Å²) in [6.07, 6.45) is 2.63. The van der Waals surface area contributed by atoms with Crippen molar-refractivity contribution in [1.82, 2.24) is 4.90 Å². The molecule has 0 aliphatic heterocycles. The summed E-state index contributed by atoms with van der Waals surface area (Å²) in [5.74, 6) is -0.0345. The summed E-state index contributed by atoms with van der Waals surface area (Å²) in [6.45, 7) is 6.70. The van der Waals surface area contributed by atoms with Crippen LogP contribution in [-0.4, -0.2) is 42.3 Å². The summed E-state index contributed by atoms with van der Waals surface area (Å²) in [5, 5.41) is 9.08. The van der Waals surface area contributed by atoms with E-state index in [1.54, 1.807) is 7.11 Å². The van der Waals surface area contributed by atoms with Crippen LogP contribution >= 0.6 is 11.3 Å². The first-order chi connectivity index (χ1) is 9.52. The number of carboxylic acid groups (broad SMARTS) is 1. The standard InChI is InChI=1S/C15H23NO3S/c1-10(12-4-5-12)16(6-7-19-3)9-13-8-14(15(17)18)20-11(13)2/h8,10,12H,4-7,9H2,1-3H3,(H,17,18). The molecule has 0 saturated heterocycles. The fourth-order valence-electron chi connectivity index (χ4n) is 2.51. The van der Waals surface area contributed by atoms with E-state index in [0.29, 0.717) is 17.5 Å². The monoisotopic (exact) mass is 297 g/mol. The Hall–Kier alpha value is -0.910. The van der Waals surface area contributed by atoms with Gasteiger partial charge in [0, 0.05) is 31.1 Å². The number of aryl methyl sites for hydroxylation is 1. The summed E-state index contributed by atoms with van der Waals surface area (Å²) >= 11 is 1.37. The Kier molecular flexibility index (Phi) is 5.18. The van der Waals surface area contributed by atoms with E-state index >= 15 is 0 Å². The lowest BCUT2D eigenvalue weighted by molar-refractivity contribution is 0.0702. The molecule has 20 heavy (non-hydrogen) atoms. The molecule has 1 aromatic rings. The van der Waals surface area contributed by atoms with Gasteiger partial charge in [0.05, 0.1) is 6.61 Å². The fourth-order valence-corrected chi connectivity index (χ4v) is 3.39. The van der Waals surface area contributed by atoms with E-state index in [-0.39, 0.29) is 0 Å². The Morgan fingerprint density at radius 2 is 2.30 bits per heavy atom. The van der Waals surface area contributed by atoms with Crippen molar-refractivity contribution in [3.8, 4) is 0 Å². The Morgan fingerprint density at radius 3 is 2.80 bits per heavy atom. The minimum absolute atomic E-state index is 0.434. The second kappa shape index (κ2) is 6.70. The Balaban J connectivity index is 2.07. The zero-order chi connectivity index (χ0) is 14.7. The van der Waals surface area contributed by atoms with Gasteiger partial charge in [-0.1, -0.05) is 0 Å². The molecule has 1 fully saturated rings. The highest BCUT2D eigenvalue weighted by Gasteiger charge is 2.32. The van der Waals surface area contributed by atoms with Gasteiger partial charge in [-0.2, -0.15) is 0 Å². The Morgan fingerprint density at radius 1 is 1.60 bits per heavy atom. The second-order valence-corrected chi connectivity index (χ2v) is 6.79. The van der Waals surface area contributed by atoms with Crippen LogP contribution in [0.3, 0.4) is 0 Å². The third kappa shape index (κ3) is 3.81. The maximum Gasteiger partial charge on any atom is 0.345 e. The molecule has 1 aliphatic rings. The second-order valence-electron chi connectivity index (χ2n) is 5.54. The number of carbonyl (C=O) groups is 1. The summed E-state index contributed by atoms with van der Waals surface area (Å²) in [5.41, 5.74) is 1.14. The molecule has 0 bridgehead atoms. The van der Waals surface area contributed by atoms with Crippen molar-refractivity contribution in [2.75, 3.05) is 20.3 Å². The normalized spacial score (nSPS) is 16.6. The van der Waals surface area contributed by atoms with Crippen LogP contribution in [0.1, 0.15) is 39.9 Å². The molecule has 4 nitrogen and oxygen atoms in total. The van der Waals surface area contributed by atoms with Crippen LogP contribution < -0.4 is 0 Å². The molecular formula is C15H23NO3S. The highest BCUT2D eigenvalue weighted by molar-refractivity contribution is 7.14. The predicted molar refractivity (Wildman–Crippen MR) is 80.5 cm³/mol. The third-order valence-electron chi connectivity index (χ3n) is 4.07. The molecule has 0 aromatic carbocycles. The van der Waals surface area contributed by atoms with Crippen LogP contribution in [0.4, 0.5) is 0 Å². The first-order valence-electron chi connectivity index (χ1n) is 7.08. The third-order valence-corrected chi connectivity index (χ3v) is 5.15. The lowest BCUT2D eigenvalue weighted by Gasteiger charge is -2.29. The van der Waals surface area contributed by atoms with E-state index in [9.17, 15) is 4.79 Å². The van der Waals surface area contributed by atoms with Gasteiger partial charge < -0.3 is 9.84 Å². The molecule has 2 rings (SSSR count). The van der Waals surface area contributed by atoms with Gasteiger partial charge in [0.15, 0.2) is 0 Å². The van der Waals surface area contributed by atoms with Crippen LogP contribution in [0.2, 0.25) is 0 Å². The van der Waals surface area contributed by atoms with E-state index in [0.717, 1.165) is 29.4 Å². The smallest absolute Gasteiger partial charge is 0.345 e. The zero-order valence-electron chi connectivity index (χ0n) is 12.4. The minimum Gasteiger partial charge on any atom is -0.477 e. The first kappa shape index (κ1) is 15.5. The molecule has 1 unspecified atom stereocenters. The van der Waals surface area contributed by atoms with Crippen molar-refractivity contribution in [3.05, 3.63) is 21.4 Å². The molecule has 5 heteroatoms. The van der Waals surface area contributed by atoms with Crippen LogP contribution in [0.15, 0.2) is 6.07 Å². The van der Waals surface area contributed by atoms with Crippen LogP contribution in [0.5, 0.6) is 0 Å². The minimum atomic E-state index is -0.831. The fraction of sp³-hybridized carbons (Fsp3) is 0.667. The number of carboxylic acids is 1. The van der Waals surface area contributed by atoms with Crippen molar-refractivity contribution in [3.63, 3.8) is 0 Å². The zero-order valence-corrected chi connectivity index (χ0v) is 13.2. The van der Waals surface area contributed by atoms with E-state index in [4.69, 9.17) is 9.84 Å². The number of nitrogens with zero attached hydrogens (tertiary/aromatic N) is 1. The highest BCUT2D eigenvalue weighted by atomic mass is 32.1. The van der Waals surface area contributed by atoms with E-state index in [1.807, 2.05) is 13.0 Å². The van der Waals surface area contributed by atoms with Gasteiger partial charge in [0.25, 0.3) is 0 Å². The van der Waals surface area contributed by atoms with Gasteiger partial charge in [0.1, 0.15) is 4.88 Å². The molecular weight excluding hydrogens is 274 g/mol. The van der Waals surface area contributed by atoms with Gasteiger partial charge >= 0.3 is 5.97 Å². The topological polar surface area (TPSA) is 49.8 Å². The average Bonchev–Trinajstić information content (AvgIpc) is 3.18. The molecule has 1 N–H and O–H groups in total. The molecule has 1 atom stereocenters. The van der Waals surface area contributed by atoms with Gasteiger partial charge in [0.2, 0.25) is 0 Å². The predicted octanol–water partition coefficient (Wildman–Crippen LogP) is 3.00. The highest BCUT2D eigenvalue weighted by Crippen LogP contribution is 2.36. The van der Waals surface area contributed by atoms with Gasteiger partial charge in [-0.25, -0.2) is 4.79 Å². The molecule has 0 radical (unpaired) electrons. The molecule has 0 amide bonds. The number of hydrogen-bond acceptors (Lipinski definition) is 4. The SMILES string of the molecule is COCCN(Cc1cc(C(=O)O)sc1C)C(C)C1CC1. The Bertz CT molecular complexity index is 468. The largest absolute Gasteiger partial charge is 0.477 e. The van der Waals surface area contributed by atoms with Gasteiger partial charge in [-0.3, -0.25) is 4.90 Å². The summed E-state index contributed by atoms with van der Waals surface area (Å²) in [7, 11) is 1.72. The molecule has 112 valence electrons. The number of aromatic carboxylic acids is 1. The molecule has 0 spiro atoms. The number of methoxy groups -OCH3 is 1. The lowest BCUT2D eigenvalue weighted by atomic mass is 10.1. The van der Waals surface area contributed by atoms with Crippen LogP contribution in [0, 0.1) is 12.8 Å². The number of rotatable bonds is 8. The van der Waals surface area contributed by atoms with E-state index in [2.05, 4.69) is 11.8 Å². The summed E-state index contributed by atoms with van der Waals surface area (Å²) in [6, 6.07) is 2.36. The van der Waals surface area contributed by atoms with Crippen LogP contribution in [-0.2, 0) is 11.3 Å². The average molecular weight is 297 g/mol. The molecule has 1 saturated carbocycles. The maximum atomic E-state index is 11.1. The molecule has 1 heterocycles. The first-order valence-corrected chi connectivity index (χ1v) is 7.90. The molecule has 1 aliphatic carbocycles. The maximum absolute atomic E-state index is 11.1. The van der Waals surface area contributed by atoms with Crippen molar-refractivity contribution >= 4 is 17.3 Å². The van der Waals surface area contributed by atoms with Gasteiger partial charge in [-0.05, 0) is 44.2 Å². The number of hydrogen-bond donors (Lipinski definition) is 1. The van der Waals surface area contributed by atoms with Crippen molar-refractivity contribution in [2.45, 2.75) is 39.3 Å². The van der Waals surface area contributed by atoms with E-state index < -0.39 is 5.97 Å². The van der Waals surface area contributed by atoms with Gasteiger partial charge in [-0.15, -0.1) is 11.3 Å². The van der Waals surface area contributed by atoms with E-state index in [1.165, 1.54) is 24.2 Å². The lowest BCUT2D eigenvalue weighted by Crippen LogP contribution is -2.36. The van der Waals surface area contributed by atoms with Crippen molar-refractivity contribution in [2.24, 2.45) is 5.92 Å². The molecule has 1 aromatic heterocycles. The van der Waals surface area contributed by atoms with Crippen molar-refractivity contribution < 1.29 is 14.6 Å². The Labute approximate surface area is 124 Å². The number of ether oxygens (including phenoxy) is 1. The van der Waals surface area contributed by atoms with Crippen molar-refractivity contribution in [1.29, 1.82) is 0 Å². The van der Waals surface area contributed by atoms with Crippen LogP contribution in [0.25, 0.3) is 0 Å². The number of thiophene rings is 1. The quantitative estimate of drug-likeness (QED) is 0.801.